The maximum absolute atomic E-state index is 12.1. The molecule has 0 atom stereocenters. The molecule has 0 aromatic heterocycles. The molecule has 0 bridgehead atoms. The van der Waals surface area contributed by atoms with Gasteiger partial charge in [-0.3, -0.25) is 9.69 Å². The fourth-order valence-electron chi connectivity index (χ4n) is 2.34. The highest BCUT2D eigenvalue weighted by Gasteiger charge is 2.13. The number of aliphatic hydroxyl groups is 3. The van der Waals surface area contributed by atoms with Gasteiger partial charge in [-0.2, -0.15) is 0 Å². The molecule has 7 nitrogen and oxygen atoms in total. The number of ketones is 1. The molecule has 2 aromatic carbocycles. The quantitative estimate of drug-likeness (QED) is 0.481. The van der Waals surface area contributed by atoms with Crippen molar-refractivity contribution in [3.8, 4) is 11.5 Å². The van der Waals surface area contributed by atoms with Gasteiger partial charge in [0.15, 0.2) is 5.78 Å². The normalized spacial score (nSPS) is 10.3. The molecule has 0 saturated heterocycles. The molecule has 7 heteroatoms. The summed E-state index contributed by atoms with van der Waals surface area (Å²) in [5.74, 6) is 0.246. The number of methoxy groups -OCH3 is 1. The smallest absolute Gasteiger partial charge is 0.196 e. The molecule has 0 aliphatic rings. The highest BCUT2D eigenvalue weighted by atomic mass is 16.5. The third kappa shape index (κ3) is 7.76. The zero-order chi connectivity index (χ0) is 20.1. The predicted octanol–water partition coefficient (Wildman–Crippen LogP) is 0.897. The first kappa shape index (κ1) is 22.6. The Morgan fingerprint density at radius 2 is 1.48 bits per heavy atom. The Kier molecular flexibility index (Phi) is 10.7. The first-order chi connectivity index (χ1) is 13.1. The summed E-state index contributed by atoms with van der Waals surface area (Å²) in [5.41, 5.74) is 0.824. The molecule has 0 radical (unpaired) electrons. The van der Waals surface area contributed by atoms with E-state index in [2.05, 4.69) is 0 Å². The minimum absolute atomic E-state index is 0.0694. The van der Waals surface area contributed by atoms with Gasteiger partial charge in [-0.1, -0.05) is 30.3 Å². The molecule has 0 fully saturated rings. The van der Waals surface area contributed by atoms with Gasteiger partial charge in [-0.05, 0) is 12.1 Å². The van der Waals surface area contributed by atoms with Crippen molar-refractivity contribution in [2.75, 3.05) is 46.6 Å². The van der Waals surface area contributed by atoms with Crippen LogP contribution in [0.4, 0.5) is 0 Å². The second-order valence-corrected chi connectivity index (χ2v) is 5.59. The Hall–Kier alpha value is -2.45. The molecule has 2 rings (SSSR count). The molecule has 4 N–H and O–H groups in total. The van der Waals surface area contributed by atoms with Crippen molar-refractivity contribution < 1.29 is 30.0 Å². The lowest BCUT2D eigenvalue weighted by molar-refractivity contribution is 0.103. The highest BCUT2D eigenvalue weighted by Crippen LogP contribution is 2.25. The number of carbonyl (C=O) groups excluding carboxylic acids is 1. The monoisotopic (exact) mass is 377 g/mol. The number of benzene rings is 2. The van der Waals surface area contributed by atoms with Crippen molar-refractivity contribution >= 4 is 5.78 Å². The fourth-order valence-corrected chi connectivity index (χ4v) is 2.34. The van der Waals surface area contributed by atoms with E-state index in [1.54, 1.807) is 41.3 Å². The average molecular weight is 377 g/mol. The number of aliphatic hydroxyl groups excluding tert-OH is 3. The van der Waals surface area contributed by atoms with Crippen LogP contribution < -0.4 is 4.74 Å². The van der Waals surface area contributed by atoms with E-state index in [-0.39, 0.29) is 36.9 Å². The van der Waals surface area contributed by atoms with Crippen LogP contribution in [-0.4, -0.2) is 77.7 Å². The van der Waals surface area contributed by atoms with Crippen molar-refractivity contribution in [3.63, 3.8) is 0 Å². The van der Waals surface area contributed by atoms with E-state index in [9.17, 15) is 9.90 Å². The SMILES string of the molecule is COc1ccc(C(=O)c2ccccc2)c(O)c1.OCCN(CCO)CCO. The zero-order valence-electron chi connectivity index (χ0n) is 15.4. The first-order valence-electron chi connectivity index (χ1n) is 8.59. The number of ether oxygens (including phenoxy) is 1. The molecule has 148 valence electrons. The first-order valence-corrected chi connectivity index (χ1v) is 8.59. The molecule has 0 amide bonds. The largest absolute Gasteiger partial charge is 0.507 e. The van der Waals surface area contributed by atoms with Crippen LogP contribution in [0, 0.1) is 0 Å². The average Bonchev–Trinajstić information content (AvgIpc) is 2.69. The Bertz CT molecular complexity index is 663. The molecule has 27 heavy (non-hydrogen) atoms. The third-order valence-electron chi connectivity index (χ3n) is 3.73. The van der Waals surface area contributed by atoms with Gasteiger partial charge in [0.1, 0.15) is 11.5 Å². The van der Waals surface area contributed by atoms with E-state index in [1.807, 2.05) is 6.07 Å². The van der Waals surface area contributed by atoms with Crippen molar-refractivity contribution in [3.05, 3.63) is 59.7 Å². The summed E-state index contributed by atoms with van der Waals surface area (Å²) in [5, 5.41) is 35.2. The van der Waals surface area contributed by atoms with Crippen LogP contribution >= 0.6 is 0 Å². The van der Waals surface area contributed by atoms with E-state index in [0.29, 0.717) is 30.9 Å². The predicted molar refractivity (Wildman–Crippen MR) is 102 cm³/mol. The van der Waals surface area contributed by atoms with Crippen LogP contribution in [0.2, 0.25) is 0 Å². The van der Waals surface area contributed by atoms with Gasteiger partial charge in [-0.25, -0.2) is 0 Å². The molecular formula is C20H27NO6. The molecule has 0 spiro atoms. The molecule has 2 aromatic rings. The molecule has 0 aliphatic heterocycles. The zero-order valence-corrected chi connectivity index (χ0v) is 15.4. The standard InChI is InChI=1S/C14H12O3.C6H15NO3/c1-17-11-7-8-12(13(15)9-11)14(16)10-5-3-2-4-6-10;8-4-1-7(2-5-9)3-6-10/h2-9,15H,1H3;8-10H,1-6H2. The molecule has 0 heterocycles. The Morgan fingerprint density at radius 3 is 1.93 bits per heavy atom. The van der Waals surface area contributed by atoms with Crippen LogP contribution in [0.3, 0.4) is 0 Å². The molecule has 0 aliphatic carbocycles. The van der Waals surface area contributed by atoms with E-state index in [4.69, 9.17) is 20.1 Å². The number of hydrogen-bond donors (Lipinski definition) is 4. The maximum Gasteiger partial charge on any atom is 0.196 e. The minimum Gasteiger partial charge on any atom is -0.507 e. The van der Waals surface area contributed by atoms with Gasteiger partial charge in [0.05, 0.1) is 32.5 Å². The van der Waals surface area contributed by atoms with Crippen LogP contribution in [0.5, 0.6) is 11.5 Å². The maximum atomic E-state index is 12.1. The summed E-state index contributed by atoms with van der Waals surface area (Å²) in [7, 11) is 1.51. The number of phenolic OH excluding ortho intramolecular Hbond substituents is 1. The summed E-state index contributed by atoms with van der Waals surface area (Å²) in [4.78, 5) is 13.9. The highest BCUT2D eigenvalue weighted by molar-refractivity contribution is 6.10. The van der Waals surface area contributed by atoms with Crippen molar-refractivity contribution in [1.29, 1.82) is 0 Å². The lowest BCUT2D eigenvalue weighted by Crippen LogP contribution is -2.32. The fraction of sp³-hybridized carbons (Fsp3) is 0.350. The second kappa shape index (κ2) is 12.8. The van der Waals surface area contributed by atoms with Crippen LogP contribution in [-0.2, 0) is 0 Å². The number of nitrogens with zero attached hydrogens (tertiary/aromatic N) is 1. The number of carbonyl (C=O) groups is 1. The second-order valence-electron chi connectivity index (χ2n) is 5.59. The molecule has 0 saturated carbocycles. The molecular weight excluding hydrogens is 350 g/mol. The summed E-state index contributed by atoms with van der Waals surface area (Å²) in [6.45, 7) is 1.75. The Labute approximate surface area is 159 Å². The number of hydrogen-bond acceptors (Lipinski definition) is 7. The summed E-state index contributed by atoms with van der Waals surface area (Å²) >= 11 is 0. The summed E-state index contributed by atoms with van der Waals surface area (Å²) in [6.07, 6.45) is 0. The Balaban J connectivity index is 0.000000314. The van der Waals surface area contributed by atoms with Crippen LogP contribution in [0.15, 0.2) is 48.5 Å². The van der Waals surface area contributed by atoms with E-state index < -0.39 is 0 Å². The van der Waals surface area contributed by atoms with Crippen molar-refractivity contribution in [2.24, 2.45) is 0 Å². The van der Waals surface area contributed by atoms with Gasteiger partial charge >= 0.3 is 0 Å². The van der Waals surface area contributed by atoms with Gasteiger partial charge in [-0.15, -0.1) is 0 Å². The van der Waals surface area contributed by atoms with Gasteiger partial charge in [0.25, 0.3) is 0 Å². The van der Waals surface area contributed by atoms with E-state index >= 15 is 0 Å². The topological polar surface area (TPSA) is 110 Å². The van der Waals surface area contributed by atoms with Crippen molar-refractivity contribution in [2.45, 2.75) is 0 Å². The van der Waals surface area contributed by atoms with Crippen LogP contribution in [0.1, 0.15) is 15.9 Å². The number of rotatable bonds is 9. The minimum atomic E-state index is -0.203. The van der Waals surface area contributed by atoms with Crippen molar-refractivity contribution in [1.82, 2.24) is 4.90 Å². The van der Waals surface area contributed by atoms with E-state index in [1.165, 1.54) is 13.2 Å². The lowest BCUT2D eigenvalue weighted by atomic mass is 10.0. The van der Waals surface area contributed by atoms with Gasteiger partial charge < -0.3 is 25.2 Å². The lowest BCUT2D eigenvalue weighted by Gasteiger charge is -2.17. The van der Waals surface area contributed by atoms with E-state index in [0.717, 1.165) is 0 Å². The summed E-state index contributed by atoms with van der Waals surface area (Å²) < 4.78 is 4.96. The molecule has 0 unspecified atom stereocenters. The van der Waals surface area contributed by atoms with Gasteiger partial charge in [0.2, 0.25) is 0 Å². The van der Waals surface area contributed by atoms with Gasteiger partial charge in [0, 0.05) is 31.3 Å². The Morgan fingerprint density at radius 1 is 0.926 bits per heavy atom. The number of phenols is 1. The number of aromatic hydroxyl groups is 1. The third-order valence-corrected chi connectivity index (χ3v) is 3.73. The summed E-state index contributed by atoms with van der Waals surface area (Å²) in [6, 6.07) is 13.5. The van der Waals surface area contributed by atoms with Crippen LogP contribution in [0.25, 0.3) is 0 Å².